The van der Waals surface area contributed by atoms with Crippen molar-refractivity contribution < 1.29 is 19.2 Å². The summed E-state index contributed by atoms with van der Waals surface area (Å²) in [5.41, 5.74) is 78.9. The van der Waals surface area contributed by atoms with Gasteiger partial charge in [-0.3, -0.25) is 47.8 Å². The minimum absolute atomic E-state index is 0.281. The molecule has 0 N–H and O–H groups in total. The van der Waals surface area contributed by atoms with Gasteiger partial charge in [0.15, 0.2) is 5.82 Å². The number of imide groups is 2. The zero-order valence-electron chi connectivity index (χ0n) is 33.4. The van der Waals surface area contributed by atoms with Crippen molar-refractivity contribution in [2.45, 2.75) is 6.67 Å². The molecule has 4 amide bonds. The molecule has 0 saturated carbocycles. The molecule has 2 aromatic heterocycles. The van der Waals surface area contributed by atoms with Crippen LogP contribution in [0.15, 0.2) is 257 Å². The minimum atomic E-state index is -1.07. The summed E-state index contributed by atoms with van der Waals surface area (Å²) in [4.78, 5) is 104. The Labute approximate surface area is 373 Å². The molecule has 67 heavy (non-hydrogen) atoms. The highest BCUT2D eigenvalue weighted by Gasteiger charge is 2.32. The van der Waals surface area contributed by atoms with Crippen LogP contribution in [0.1, 0.15) is 0 Å². The van der Waals surface area contributed by atoms with Crippen molar-refractivity contribution in [2.24, 2.45) is 0 Å². The smallest absolute Gasteiger partial charge is 0.267 e. The second-order valence-electron chi connectivity index (χ2n) is 11.5. The second kappa shape index (κ2) is 23.3. The number of carbonyl (C=O) groups is 4. The molecule has 0 atom stereocenters. The number of rotatable bonds is 4. The van der Waals surface area contributed by atoms with E-state index in [-0.39, 0.29) is 21.5 Å². The van der Waals surface area contributed by atoms with Gasteiger partial charge < -0.3 is 0 Å². The standard InChI is InChI=1S/C55H10N4O8/c1-2-3-4-5-6-7-8-9-10-11-12-13-14-15-16-17-18-19-20-21-22-23-24-25-26-27-28-29-30-31-32-33-34-35-47(58-50(62)38-39-51(58)63)59-54(66)45-40-43-44(41-46(45)55(59)67)53(65)57(52(43)64)42-56-48(60)36-37-49(56)61/h36-41H,1,42H2. The van der Waals surface area contributed by atoms with Gasteiger partial charge in [0, 0.05) is 116 Å². The zero-order chi connectivity index (χ0) is 47.8. The summed E-state index contributed by atoms with van der Waals surface area (Å²) in [6.45, 7) is 2.61. The lowest BCUT2D eigenvalue weighted by Crippen LogP contribution is -2.39. The van der Waals surface area contributed by atoms with E-state index >= 15 is 0 Å². The molecule has 0 aliphatic carbocycles. The molecule has 2 aliphatic rings. The van der Waals surface area contributed by atoms with Crippen molar-refractivity contribution in [3.05, 3.63) is 279 Å². The molecule has 5 rings (SSSR count). The first-order valence-electron chi connectivity index (χ1n) is 17.8. The second-order valence-corrected chi connectivity index (χ2v) is 11.5. The third-order valence-electron chi connectivity index (χ3n) is 7.59. The number of hydrogen-bond donors (Lipinski definition) is 0. The van der Waals surface area contributed by atoms with Crippen LogP contribution < -0.4 is 22.2 Å². The Morgan fingerprint density at radius 1 is 0.358 bits per heavy atom. The van der Waals surface area contributed by atoms with Gasteiger partial charge in [-0.15, -0.1) is 0 Å². The Balaban J connectivity index is 1.46. The molecule has 0 fully saturated rings. The number of fused-ring (bicyclic) bond motifs is 2. The Bertz CT molecular complexity index is 4520. The largest absolute Gasteiger partial charge is 0.269 e. The van der Waals surface area contributed by atoms with E-state index in [1.165, 1.54) is 0 Å². The molecule has 0 saturated heterocycles. The van der Waals surface area contributed by atoms with E-state index in [9.17, 15) is 38.4 Å². The van der Waals surface area contributed by atoms with E-state index in [1.54, 1.807) is 0 Å². The van der Waals surface area contributed by atoms with Gasteiger partial charge >= 0.3 is 0 Å². The van der Waals surface area contributed by atoms with Crippen LogP contribution in [-0.4, -0.2) is 42.6 Å². The Morgan fingerprint density at radius 2 is 0.627 bits per heavy atom. The van der Waals surface area contributed by atoms with Gasteiger partial charge in [0.05, 0.1) is 21.5 Å². The minimum Gasteiger partial charge on any atom is -0.269 e. The maximum absolute atomic E-state index is 13.6. The summed E-state index contributed by atoms with van der Waals surface area (Å²) < 4.78 is 1.06. The first-order valence-corrected chi connectivity index (χ1v) is 17.8. The molecule has 4 heterocycles. The van der Waals surface area contributed by atoms with E-state index in [0.29, 0.717) is 18.9 Å². The van der Waals surface area contributed by atoms with E-state index in [1.807, 2.05) is 0 Å². The normalized spacial score (nSPS) is 9.85. The van der Waals surface area contributed by atoms with E-state index in [2.05, 4.69) is 201 Å². The van der Waals surface area contributed by atoms with Gasteiger partial charge in [-0.05, 0) is 116 Å². The predicted molar refractivity (Wildman–Crippen MR) is 232 cm³/mol. The van der Waals surface area contributed by atoms with Crippen molar-refractivity contribution in [1.82, 2.24) is 18.9 Å². The summed E-state index contributed by atoms with van der Waals surface area (Å²) in [5, 5.41) is -1.24. The summed E-state index contributed by atoms with van der Waals surface area (Å²) >= 11 is 0. The predicted octanol–water partition coefficient (Wildman–Crippen LogP) is 3.42. The maximum atomic E-state index is 13.6. The average molecular weight is 855 g/mol. The van der Waals surface area contributed by atoms with Gasteiger partial charge in [-0.2, -0.15) is 0 Å². The first kappa shape index (κ1) is 45.6. The van der Waals surface area contributed by atoms with Crippen LogP contribution in [0.25, 0.3) is 27.4 Å². The monoisotopic (exact) mass is 854 g/mol. The highest BCUT2D eigenvalue weighted by Crippen LogP contribution is 2.19. The van der Waals surface area contributed by atoms with Gasteiger partial charge in [0.1, 0.15) is 6.67 Å². The average Bonchev–Trinajstić information content (AvgIpc) is 3.98. The van der Waals surface area contributed by atoms with Gasteiger partial charge in [0.2, 0.25) is 0 Å². The molecular weight excluding hydrogens is 845 g/mol. The van der Waals surface area contributed by atoms with Crippen LogP contribution in [0.3, 0.4) is 0 Å². The van der Waals surface area contributed by atoms with Crippen molar-refractivity contribution >= 4 is 51.0 Å². The topological polar surface area (TPSA) is 153 Å². The van der Waals surface area contributed by atoms with Crippen molar-refractivity contribution in [3.8, 4) is 0 Å². The van der Waals surface area contributed by atoms with Crippen LogP contribution >= 0.6 is 0 Å². The van der Waals surface area contributed by atoms with Gasteiger partial charge in [-0.25, -0.2) is 9.47 Å². The fourth-order valence-electron chi connectivity index (χ4n) is 4.95. The SMILES string of the molecule is C=C=C=C=C=C=C=C=C=C=C=C=C=C=C=C=C=C=C=C=C=C=C=C=C=C=C=C=C=C=C=C=C=C=C=C(N1C(=O)C=CC1=O)n1c(=O)c2cc3c(=O)n(CN4C(=O)C=CC4=O)c(=O)c3cc2c1=O. The van der Waals surface area contributed by atoms with Gasteiger partial charge in [0.25, 0.3) is 45.9 Å². The maximum Gasteiger partial charge on any atom is 0.267 e. The number of amides is 4. The Hall–Kier alpha value is -12.5. The molecule has 12 heteroatoms. The summed E-state index contributed by atoms with van der Waals surface area (Å²) in [5.74, 6) is -3.99. The number of hydrogen-bond acceptors (Lipinski definition) is 8. The fourth-order valence-corrected chi connectivity index (χ4v) is 4.95. The first-order chi connectivity index (χ1) is 32.6. The highest BCUT2D eigenvalue weighted by molar-refractivity contribution is 6.17. The van der Waals surface area contributed by atoms with E-state index < -0.39 is 58.4 Å². The number of carbonyl (C=O) groups excluding carboxylic acids is 4. The van der Waals surface area contributed by atoms with Crippen molar-refractivity contribution in [1.29, 1.82) is 0 Å². The van der Waals surface area contributed by atoms with Crippen LogP contribution in [0, 0.1) is 0 Å². The molecule has 12 nitrogen and oxygen atoms in total. The molecule has 2 aliphatic heterocycles. The molecule has 3 aromatic rings. The lowest BCUT2D eigenvalue weighted by atomic mass is 10.1. The zero-order valence-corrected chi connectivity index (χ0v) is 33.4. The van der Waals surface area contributed by atoms with Crippen molar-refractivity contribution in [3.63, 3.8) is 0 Å². The summed E-state index contributed by atoms with van der Waals surface area (Å²) in [7, 11) is 0. The fraction of sp³-hybridized carbons (Fsp3) is 0.0182. The summed E-state index contributed by atoms with van der Waals surface area (Å²) in [6, 6.07) is 2.00. The number of nitrogens with zero attached hydrogens (tertiary/aromatic N) is 4. The lowest BCUT2D eigenvalue weighted by molar-refractivity contribution is -0.139. The molecule has 0 radical (unpaired) electrons. The van der Waals surface area contributed by atoms with E-state index in [4.69, 9.17) is 0 Å². The molecule has 1 aromatic carbocycles. The number of benzene rings is 1. The molecular formula is C55H10N4O8. The Kier molecular flexibility index (Phi) is 15.9. The van der Waals surface area contributed by atoms with Crippen LogP contribution in [0.5, 0.6) is 0 Å². The third-order valence-corrected chi connectivity index (χ3v) is 7.59. The van der Waals surface area contributed by atoms with Crippen LogP contribution in [0.2, 0.25) is 0 Å². The molecule has 0 bridgehead atoms. The Morgan fingerprint density at radius 3 is 0.940 bits per heavy atom. The lowest BCUT2D eigenvalue weighted by Gasteiger charge is -2.14. The third kappa shape index (κ3) is 12.1. The number of aromatic nitrogens is 2. The van der Waals surface area contributed by atoms with E-state index in [0.717, 1.165) is 36.4 Å². The van der Waals surface area contributed by atoms with Crippen molar-refractivity contribution in [2.75, 3.05) is 0 Å². The molecule has 0 spiro atoms. The molecule has 298 valence electrons. The van der Waals surface area contributed by atoms with Gasteiger partial charge in [-0.1, -0.05) is 5.73 Å². The molecule has 0 unspecified atom stereocenters. The quantitative estimate of drug-likeness (QED) is 0.286. The van der Waals surface area contributed by atoms with Crippen LogP contribution in [-0.2, 0) is 25.8 Å². The summed E-state index contributed by atoms with van der Waals surface area (Å²) in [6.07, 6.45) is 3.75. The highest BCUT2D eigenvalue weighted by atomic mass is 16.2. The van der Waals surface area contributed by atoms with Crippen LogP contribution in [0.4, 0.5) is 0 Å².